The van der Waals surface area contributed by atoms with Gasteiger partial charge >= 0.3 is 0 Å². The van der Waals surface area contributed by atoms with Crippen LogP contribution in [-0.4, -0.2) is 14.8 Å². The fraction of sp³-hybridized carbons (Fsp3) is 0.158. The summed E-state index contributed by atoms with van der Waals surface area (Å²) < 4.78 is 20.8. The second kappa shape index (κ2) is 6.66. The molecule has 4 aromatic rings. The molecule has 3 aromatic heterocycles. The first-order valence-corrected chi connectivity index (χ1v) is 9.73. The Morgan fingerprint density at radius 3 is 2.85 bits per heavy atom. The summed E-state index contributed by atoms with van der Waals surface area (Å²) in [5.74, 6) is -0.464. The van der Waals surface area contributed by atoms with Gasteiger partial charge in [0.2, 0.25) is 0 Å². The van der Waals surface area contributed by atoms with E-state index in [0.717, 1.165) is 32.0 Å². The van der Waals surface area contributed by atoms with Crippen molar-refractivity contribution in [2.45, 2.75) is 20.4 Å². The lowest BCUT2D eigenvalue weighted by Gasteiger charge is -2.11. The zero-order valence-corrected chi connectivity index (χ0v) is 15.9. The Balaban J connectivity index is 1.73. The lowest BCUT2D eigenvalue weighted by Crippen LogP contribution is -2.18. The number of hydrogen-bond donors (Lipinski definition) is 1. The number of halogens is 1. The van der Waals surface area contributed by atoms with Gasteiger partial charge in [-0.3, -0.25) is 4.79 Å². The van der Waals surface area contributed by atoms with Crippen LogP contribution in [0, 0.1) is 19.7 Å². The van der Waals surface area contributed by atoms with Crippen molar-refractivity contribution in [1.29, 1.82) is 0 Å². The molecule has 0 fully saturated rings. The third-order valence-corrected chi connectivity index (χ3v) is 5.95. The molecule has 0 aliphatic carbocycles. The molecule has 1 N–H and O–H groups in total. The third kappa shape index (κ3) is 3.04. The van der Waals surface area contributed by atoms with Gasteiger partial charge in [-0.2, -0.15) is 4.37 Å². The normalized spacial score (nSPS) is 11.2. The molecule has 0 unspecified atom stereocenters. The second-order valence-corrected chi connectivity index (χ2v) is 7.99. The zero-order valence-electron chi connectivity index (χ0n) is 14.2. The number of benzene rings is 1. The van der Waals surface area contributed by atoms with Crippen molar-refractivity contribution in [1.82, 2.24) is 8.94 Å². The van der Waals surface area contributed by atoms with Crippen LogP contribution in [0.3, 0.4) is 0 Å². The van der Waals surface area contributed by atoms with E-state index in [2.05, 4.69) is 9.69 Å². The van der Waals surface area contributed by atoms with E-state index in [1.807, 2.05) is 42.0 Å². The summed E-state index contributed by atoms with van der Waals surface area (Å²) in [7, 11) is 0. The monoisotopic (exact) mass is 385 g/mol. The number of rotatable bonds is 4. The van der Waals surface area contributed by atoms with Gasteiger partial charge in [-0.15, -0.1) is 11.3 Å². The van der Waals surface area contributed by atoms with E-state index in [-0.39, 0.29) is 11.7 Å². The van der Waals surface area contributed by atoms with E-state index in [1.54, 1.807) is 17.4 Å². The molecule has 3 heterocycles. The minimum atomic E-state index is -0.280. The van der Waals surface area contributed by atoms with Gasteiger partial charge in [0.25, 0.3) is 5.91 Å². The summed E-state index contributed by atoms with van der Waals surface area (Å²) in [6, 6.07) is 10.3. The summed E-state index contributed by atoms with van der Waals surface area (Å²) in [5, 5.41) is 4.97. The van der Waals surface area contributed by atoms with E-state index in [1.165, 1.54) is 23.7 Å². The first kappa shape index (κ1) is 16.9. The highest BCUT2D eigenvalue weighted by atomic mass is 32.1. The number of nitrogens with one attached hydrogen (secondary N) is 1. The molecule has 4 nitrogen and oxygen atoms in total. The standard InChI is InChI=1S/C19H16FN3OS2/c1-11-18(12(2)26-22-11)21-19(24)16-9-17-15(6-7-25-17)23(16)10-13-4-3-5-14(20)8-13/h3-9H,10H2,1-2H3,(H,21,24). The topological polar surface area (TPSA) is 46.9 Å². The van der Waals surface area contributed by atoms with Crippen LogP contribution < -0.4 is 5.32 Å². The molecule has 7 heteroatoms. The molecular weight excluding hydrogens is 369 g/mol. The van der Waals surface area contributed by atoms with Gasteiger partial charge in [-0.1, -0.05) is 12.1 Å². The highest BCUT2D eigenvalue weighted by molar-refractivity contribution is 7.17. The number of fused-ring (bicyclic) bond motifs is 1. The number of aromatic nitrogens is 2. The Morgan fingerprint density at radius 2 is 2.12 bits per heavy atom. The molecule has 1 aromatic carbocycles. The highest BCUT2D eigenvalue weighted by Crippen LogP contribution is 2.28. The van der Waals surface area contributed by atoms with Crippen LogP contribution in [0.4, 0.5) is 10.1 Å². The summed E-state index contributed by atoms with van der Waals surface area (Å²) in [6.45, 7) is 4.24. The lowest BCUT2D eigenvalue weighted by atomic mass is 10.2. The van der Waals surface area contributed by atoms with Crippen LogP contribution in [0.5, 0.6) is 0 Å². The van der Waals surface area contributed by atoms with Crippen LogP contribution in [0.2, 0.25) is 0 Å². The summed E-state index contributed by atoms with van der Waals surface area (Å²) in [5.41, 5.74) is 3.92. The van der Waals surface area contributed by atoms with E-state index in [9.17, 15) is 9.18 Å². The Kier molecular flexibility index (Phi) is 4.34. The van der Waals surface area contributed by atoms with Crippen molar-refractivity contribution in [3.63, 3.8) is 0 Å². The maximum absolute atomic E-state index is 13.6. The predicted molar refractivity (Wildman–Crippen MR) is 105 cm³/mol. The first-order valence-electron chi connectivity index (χ1n) is 8.08. The molecule has 0 aliphatic rings. The SMILES string of the molecule is Cc1nsc(C)c1NC(=O)c1cc2sccc2n1Cc1cccc(F)c1. The van der Waals surface area contributed by atoms with Crippen molar-refractivity contribution >= 4 is 44.7 Å². The average Bonchev–Trinajstić information content (AvgIpc) is 3.27. The quantitative estimate of drug-likeness (QED) is 0.524. The molecule has 0 saturated heterocycles. The molecule has 0 spiro atoms. The Bertz CT molecular complexity index is 1090. The van der Waals surface area contributed by atoms with Crippen LogP contribution in [0.25, 0.3) is 10.2 Å². The van der Waals surface area contributed by atoms with Crippen molar-refractivity contribution in [2.24, 2.45) is 0 Å². The van der Waals surface area contributed by atoms with E-state index < -0.39 is 0 Å². The van der Waals surface area contributed by atoms with Crippen LogP contribution in [0.15, 0.2) is 41.8 Å². The summed E-state index contributed by atoms with van der Waals surface area (Å²) >= 11 is 2.95. The minimum absolute atomic E-state index is 0.184. The number of nitrogens with zero attached hydrogens (tertiary/aromatic N) is 2. The third-order valence-electron chi connectivity index (χ3n) is 4.26. The Morgan fingerprint density at radius 1 is 1.27 bits per heavy atom. The first-order chi connectivity index (χ1) is 12.5. The highest BCUT2D eigenvalue weighted by Gasteiger charge is 2.19. The van der Waals surface area contributed by atoms with Crippen LogP contribution in [0.1, 0.15) is 26.6 Å². The number of carbonyl (C=O) groups excluding carboxylic acids is 1. The zero-order chi connectivity index (χ0) is 18.3. The Hall–Kier alpha value is -2.51. The fourth-order valence-corrected chi connectivity index (χ4v) is 4.47. The number of carbonyl (C=O) groups is 1. The van der Waals surface area contributed by atoms with Gasteiger partial charge in [-0.05, 0) is 60.6 Å². The number of hydrogen-bond acceptors (Lipinski definition) is 4. The Labute approximate surface area is 158 Å². The van der Waals surface area contributed by atoms with Crippen LogP contribution >= 0.6 is 22.9 Å². The van der Waals surface area contributed by atoms with Gasteiger partial charge in [-0.25, -0.2) is 4.39 Å². The van der Waals surface area contributed by atoms with E-state index >= 15 is 0 Å². The predicted octanol–water partition coefficient (Wildman–Crippen LogP) is 5.22. The molecule has 1 amide bonds. The van der Waals surface area contributed by atoms with Gasteiger partial charge in [0.05, 0.1) is 21.6 Å². The van der Waals surface area contributed by atoms with Crippen molar-refractivity contribution in [2.75, 3.05) is 5.32 Å². The molecule has 0 atom stereocenters. The number of thiophene rings is 1. The van der Waals surface area contributed by atoms with Gasteiger partial charge in [0.15, 0.2) is 0 Å². The summed E-state index contributed by atoms with van der Waals surface area (Å²) in [6.07, 6.45) is 0. The summed E-state index contributed by atoms with van der Waals surface area (Å²) in [4.78, 5) is 13.9. The molecule has 0 aliphatic heterocycles. The molecule has 0 bridgehead atoms. The van der Waals surface area contributed by atoms with Crippen molar-refractivity contribution in [3.8, 4) is 0 Å². The largest absolute Gasteiger partial charge is 0.331 e. The number of anilines is 1. The molecule has 132 valence electrons. The van der Waals surface area contributed by atoms with E-state index in [4.69, 9.17) is 0 Å². The maximum Gasteiger partial charge on any atom is 0.272 e. The van der Waals surface area contributed by atoms with Gasteiger partial charge < -0.3 is 9.88 Å². The van der Waals surface area contributed by atoms with Gasteiger partial charge in [0, 0.05) is 11.4 Å². The van der Waals surface area contributed by atoms with Crippen molar-refractivity contribution in [3.05, 3.63) is 69.4 Å². The second-order valence-electron chi connectivity index (χ2n) is 6.07. The smallest absolute Gasteiger partial charge is 0.272 e. The maximum atomic E-state index is 13.6. The van der Waals surface area contributed by atoms with Crippen molar-refractivity contribution < 1.29 is 9.18 Å². The fourth-order valence-electron chi connectivity index (χ4n) is 2.99. The van der Waals surface area contributed by atoms with E-state index in [0.29, 0.717) is 12.2 Å². The molecular formula is C19H16FN3OS2. The van der Waals surface area contributed by atoms with Gasteiger partial charge in [0.1, 0.15) is 11.5 Å². The number of amides is 1. The average molecular weight is 385 g/mol. The molecule has 0 saturated carbocycles. The molecule has 0 radical (unpaired) electrons. The minimum Gasteiger partial charge on any atom is -0.331 e. The molecule has 4 rings (SSSR count). The lowest BCUT2D eigenvalue weighted by molar-refractivity contribution is 0.101. The molecule has 26 heavy (non-hydrogen) atoms. The number of aryl methyl sites for hydroxylation is 2. The van der Waals surface area contributed by atoms with Crippen LogP contribution in [-0.2, 0) is 6.54 Å².